The lowest BCUT2D eigenvalue weighted by molar-refractivity contribution is -0.130. The van der Waals surface area contributed by atoms with Gasteiger partial charge in [-0.3, -0.25) is 4.79 Å². The number of carbonyl (C=O) groups is 1. The lowest BCUT2D eigenvalue weighted by Gasteiger charge is -2.31. The molecule has 0 atom stereocenters. The summed E-state index contributed by atoms with van der Waals surface area (Å²) in [6, 6.07) is 21.4. The van der Waals surface area contributed by atoms with E-state index in [1.807, 2.05) is 83.6 Å². The van der Waals surface area contributed by atoms with E-state index in [4.69, 9.17) is 14.2 Å². The van der Waals surface area contributed by atoms with E-state index >= 15 is 0 Å². The molecule has 1 aliphatic heterocycles. The number of rotatable bonds is 7. The second kappa shape index (κ2) is 9.64. The first-order valence-corrected chi connectivity index (χ1v) is 10.6. The SMILES string of the molecule is COc1cc2c(cc1OC)CN(C(=O)CN(C)c1ccc(Oc3ccccc3)cc1)CC2. The van der Waals surface area contributed by atoms with Crippen LogP contribution in [0.1, 0.15) is 11.1 Å². The molecule has 0 spiro atoms. The molecule has 0 radical (unpaired) electrons. The van der Waals surface area contributed by atoms with Gasteiger partial charge in [0.05, 0.1) is 20.8 Å². The Labute approximate surface area is 188 Å². The number of carbonyl (C=O) groups excluding carboxylic acids is 1. The largest absolute Gasteiger partial charge is 0.493 e. The van der Waals surface area contributed by atoms with Crippen LogP contribution in [0.5, 0.6) is 23.0 Å². The Morgan fingerprint density at radius 1 is 0.906 bits per heavy atom. The van der Waals surface area contributed by atoms with Gasteiger partial charge < -0.3 is 24.0 Å². The van der Waals surface area contributed by atoms with Gasteiger partial charge in [0.15, 0.2) is 11.5 Å². The molecular formula is C26H28N2O4. The van der Waals surface area contributed by atoms with Crippen LogP contribution < -0.4 is 19.1 Å². The minimum absolute atomic E-state index is 0.0950. The van der Waals surface area contributed by atoms with E-state index in [1.54, 1.807) is 14.2 Å². The Hall–Kier alpha value is -3.67. The normalized spacial score (nSPS) is 12.7. The van der Waals surface area contributed by atoms with E-state index in [9.17, 15) is 4.79 Å². The Balaban J connectivity index is 1.37. The minimum Gasteiger partial charge on any atom is -0.493 e. The molecule has 1 amide bonds. The zero-order chi connectivity index (χ0) is 22.5. The van der Waals surface area contributed by atoms with Crippen LogP contribution in [-0.2, 0) is 17.8 Å². The number of ether oxygens (including phenoxy) is 3. The Bertz CT molecular complexity index is 1070. The van der Waals surface area contributed by atoms with Crippen LogP contribution in [0.15, 0.2) is 66.7 Å². The molecule has 4 rings (SSSR count). The summed E-state index contributed by atoms with van der Waals surface area (Å²) in [6.07, 6.45) is 0.802. The van der Waals surface area contributed by atoms with Crippen molar-refractivity contribution in [2.75, 3.05) is 39.3 Å². The number of amides is 1. The molecule has 0 unspecified atom stereocenters. The molecule has 3 aromatic carbocycles. The van der Waals surface area contributed by atoms with Crippen molar-refractivity contribution in [3.8, 4) is 23.0 Å². The Morgan fingerprint density at radius 2 is 1.53 bits per heavy atom. The lowest BCUT2D eigenvalue weighted by Crippen LogP contribution is -2.41. The van der Waals surface area contributed by atoms with Gasteiger partial charge in [0.25, 0.3) is 0 Å². The second-order valence-corrected chi connectivity index (χ2v) is 7.81. The summed E-state index contributed by atoms with van der Waals surface area (Å²) >= 11 is 0. The second-order valence-electron chi connectivity index (χ2n) is 7.81. The molecule has 0 saturated heterocycles. The number of anilines is 1. The van der Waals surface area contributed by atoms with Crippen LogP contribution in [0.25, 0.3) is 0 Å². The van der Waals surface area contributed by atoms with E-state index in [0.29, 0.717) is 25.4 Å². The zero-order valence-electron chi connectivity index (χ0n) is 18.7. The highest BCUT2D eigenvalue weighted by atomic mass is 16.5. The first-order chi connectivity index (χ1) is 15.6. The molecule has 0 bridgehead atoms. The molecule has 6 nitrogen and oxygen atoms in total. The van der Waals surface area contributed by atoms with Gasteiger partial charge in [0.1, 0.15) is 11.5 Å². The van der Waals surface area contributed by atoms with Gasteiger partial charge in [0.2, 0.25) is 5.91 Å². The first-order valence-electron chi connectivity index (χ1n) is 10.6. The Morgan fingerprint density at radius 3 is 2.19 bits per heavy atom. The highest BCUT2D eigenvalue weighted by molar-refractivity contribution is 5.81. The van der Waals surface area contributed by atoms with Gasteiger partial charge >= 0.3 is 0 Å². The van der Waals surface area contributed by atoms with Gasteiger partial charge in [-0.15, -0.1) is 0 Å². The zero-order valence-corrected chi connectivity index (χ0v) is 18.7. The third-order valence-corrected chi connectivity index (χ3v) is 5.70. The van der Waals surface area contributed by atoms with Gasteiger partial charge in [-0.25, -0.2) is 0 Å². The fourth-order valence-corrected chi connectivity index (χ4v) is 3.88. The maximum Gasteiger partial charge on any atom is 0.242 e. The third-order valence-electron chi connectivity index (χ3n) is 5.70. The third kappa shape index (κ3) is 4.80. The number of benzene rings is 3. The predicted octanol–water partition coefficient (Wildman–Crippen LogP) is 4.52. The van der Waals surface area contributed by atoms with Crippen molar-refractivity contribution in [3.05, 3.63) is 77.9 Å². The van der Waals surface area contributed by atoms with E-state index < -0.39 is 0 Å². The van der Waals surface area contributed by atoms with E-state index in [0.717, 1.165) is 34.9 Å². The molecule has 166 valence electrons. The number of likely N-dealkylation sites (N-methyl/N-ethyl adjacent to an activating group) is 1. The van der Waals surface area contributed by atoms with Crippen molar-refractivity contribution in [2.45, 2.75) is 13.0 Å². The number of hydrogen-bond donors (Lipinski definition) is 0. The van der Waals surface area contributed by atoms with Gasteiger partial charge in [-0.05, 0) is 66.1 Å². The molecule has 6 heteroatoms. The van der Waals surface area contributed by atoms with Crippen LogP contribution in [-0.4, -0.2) is 45.2 Å². The summed E-state index contributed by atoms with van der Waals surface area (Å²) in [4.78, 5) is 16.8. The summed E-state index contributed by atoms with van der Waals surface area (Å²) in [5.74, 6) is 3.07. The molecule has 0 aromatic heterocycles. The summed E-state index contributed by atoms with van der Waals surface area (Å²) in [5.41, 5.74) is 3.27. The van der Waals surface area contributed by atoms with E-state index in [2.05, 4.69) is 0 Å². The maximum atomic E-state index is 13.0. The highest BCUT2D eigenvalue weighted by Crippen LogP contribution is 2.33. The average molecular weight is 433 g/mol. The average Bonchev–Trinajstić information content (AvgIpc) is 2.83. The molecule has 1 heterocycles. The fourth-order valence-electron chi connectivity index (χ4n) is 3.88. The smallest absolute Gasteiger partial charge is 0.242 e. The van der Waals surface area contributed by atoms with Crippen molar-refractivity contribution in [1.82, 2.24) is 4.90 Å². The topological polar surface area (TPSA) is 51.2 Å². The molecule has 3 aromatic rings. The van der Waals surface area contributed by atoms with Crippen molar-refractivity contribution in [1.29, 1.82) is 0 Å². The number of methoxy groups -OCH3 is 2. The maximum absolute atomic E-state index is 13.0. The van der Waals surface area contributed by atoms with Crippen LogP contribution >= 0.6 is 0 Å². The lowest BCUT2D eigenvalue weighted by atomic mass is 9.98. The minimum atomic E-state index is 0.0950. The molecule has 0 fully saturated rings. The number of hydrogen-bond acceptors (Lipinski definition) is 5. The van der Waals surface area contributed by atoms with Gasteiger partial charge in [-0.1, -0.05) is 18.2 Å². The van der Waals surface area contributed by atoms with Crippen LogP contribution in [0.4, 0.5) is 5.69 Å². The van der Waals surface area contributed by atoms with Crippen LogP contribution in [0.2, 0.25) is 0 Å². The number of para-hydroxylation sites is 1. The van der Waals surface area contributed by atoms with Crippen LogP contribution in [0, 0.1) is 0 Å². The molecule has 0 aliphatic carbocycles. The van der Waals surface area contributed by atoms with Crippen molar-refractivity contribution in [3.63, 3.8) is 0 Å². The van der Waals surface area contributed by atoms with Crippen molar-refractivity contribution < 1.29 is 19.0 Å². The monoisotopic (exact) mass is 432 g/mol. The standard InChI is InChI=1S/C26H28N2O4/c1-27(21-9-11-23(12-10-21)32-22-7-5-4-6-8-22)18-26(29)28-14-13-19-15-24(30-2)25(31-3)16-20(19)17-28/h4-12,15-16H,13-14,17-18H2,1-3H3. The predicted molar refractivity (Wildman–Crippen MR) is 125 cm³/mol. The van der Waals surface area contributed by atoms with Crippen molar-refractivity contribution in [2.24, 2.45) is 0 Å². The fraction of sp³-hybridized carbons (Fsp3) is 0.269. The number of fused-ring (bicyclic) bond motifs is 1. The van der Waals surface area contributed by atoms with Gasteiger partial charge in [-0.2, -0.15) is 0 Å². The quantitative estimate of drug-likeness (QED) is 0.550. The molecular weight excluding hydrogens is 404 g/mol. The van der Waals surface area contributed by atoms with Gasteiger partial charge in [0, 0.05) is 25.8 Å². The van der Waals surface area contributed by atoms with Crippen LogP contribution in [0.3, 0.4) is 0 Å². The first kappa shape index (κ1) is 21.6. The van der Waals surface area contributed by atoms with E-state index in [1.165, 1.54) is 5.56 Å². The van der Waals surface area contributed by atoms with E-state index in [-0.39, 0.29) is 5.91 Å². The molecule has 0 saturated carbocycles. The Kier molecular flexibility index (Phi) is 6.50. The summed E-state index contributed by atoms with van der Waals surface area (Å²) < 4.78 is 16.7. The molecule has 0 N–H and O–H groups in total. The molecule has 1 aliphatic rings. The summed E-state index contributed by atoms with van der Waals surface area (Å²) in [6.45, 7) is 1.58. The summed E-state index contributed by atoms with van der Waals surface area (Å²) in [7, 11) is 5.19. The molecule has 32 heavy (non-hydrogen) atoms. The number of nitrogens with zero attached hydrogens (tertiary/aromatic N) is 2. The summed E-state index contributed by atoms with van der Waals surface area (Å²) in [5, 5.41) is 0. The van der Waals surface area contributed by atoms with Crippen molar-refractivity contribution >= 4 is 11.6 Å². The highest BCUT2D eigenvalue weighted by Gasteiger charge is 2.23.